The molecule has 27 N–H and O–H groups in total. The number of rotatable bonds is 58. The second-order valence-electron chi connectivity index (χ2n) is 31.6. The Kier molecular flexibility index (Phi) is 50.4. The van der Waals surface area contributed by atoms with Gasteiger partial charge in [-0.15, -0.1) is 0 Å². The Balaban J connectivity index is 6.85. The summed E-state index contributed by atoms with van der Waals surface area (Å²) in [6.07, 6.45) is 4.08. The van der Waals surface area contributed by atoms with E-state index in [1.807, 2.05) is 34.6 Å². The number of hydrogen-bond acceptors (Lipinski definition) is 20. The molecule has 35 heteroatoms. The van der Waals surface area contributed by atoms with Crippen LogP contribution in [0.1, 0.15) is 233 Å². The summed E-state index contributed by atoms with van der Waals surface area (Å²) in [6, 6.07) is -17.5. The van der Waals surface area contributed by atoms with Gasteiger partial charge in [-0.1, -0.05) is 103 Å². The van der Waals surface area contributed by atoms with E-state index in [2.05, 4.69) is 69.1 Å². The van der Waals surface area contributed by atoms with Crippen molar-refractivity contribution in [3.05, 3.63) is 0 Å². The quantitative estimate of drug-likeness (QED) is 0.0307. The number of nitrogens with one attached hydrogen (secondary N) is 13. The fourth-order valence-corrected chi connectivity index (χ4v) is 11.9. The van der Waals surface area contributed by atoms with Gasteiger partial charge in [0.1, 0.15) is 78.5 Å². The zero-order valence-electron chi connectivity index (χ0n) is 68.6. The number of primary amides is 2. The lowest BCUT2D eigenvalue weighted by Gasteiger charge is -2.29. The molecule has 0 saturated heterocycles. The minimum Gasteiger partial charge on any atom is -0.370 e. The van der Waals surface area contributed by atoms with Crippen molar-refractivity contribution in [1.82, 2.24) is 69.1 Å². The molecule has 0 fully saturated rings. The standard InChI is InChI=1S/C75H142N20O15/c1-17-46(14)61(75(110)89-54(62(82)97)35-41(4)5)95-69(104)53(29-21-25-33-79)86-67(102)51(27-19-23-31-77)85-63(98)48(16)84-74(109)60(45(12)13)94-68(103)52(28-20-24-32-78)88-71(106)56(37-43(8)9)92-72(107)55(36-42(6)7)90-64(99)47(15)83-66(101)50(26-18-22-30-76)87-70(105)57(38-44(10)11)93-73(108)58(39-59(81)96)91-65(100)49(80)34-40(2)3/h40-58,60-61H,17-39,76-80H2,1-16H3,(H2,81,96)(H2,82,97)(H,83,101)(H,84,109)(H,85,98)(H,86,102)(H,87,105)(H,88,106)(H,89,110)(H,90,99)(H,91,100)(H,92,107)(H,93,108)(H,94,103)(H,95,104)/t46-,47-,48-,49-,50-,51-,52-,53-,54-,55-,56-,57-,58-,60-,61-/m0/s1. The Morgan fingerprint density at radius 2 is 0.527 bits per heavy atom. The van der Waals surface area contributed by atoms with Gasteiger partial charge in [0.2, 0.25) is 88.6 Å². The highest BCUT2D eigenvalue weighted by molar-refractivity contribution is 6.00. The molecule has 110 heavy (non-hydrogen) atoms. The first-order chi connectivity index (χ1) is 51.5. The first-order valence-corrected chi connectivity index (χ1v) is 39.6. The summed E-state index contributed by atoms with van der Waals surface area (Å²) in [6.45, 7) is 28.9. The third-order valence-electron chi connectivity index (χ3n) is 18.4. The zero-order chi connectivity index (χ0) is 84.2. The molecule has 15 atom stereocenters. The number of carbonyl (C=O) groups excluding carboxylic acids is 15. The summed E-state index contributed by atoms with van der Waals surface area (Å²) in [7, 11) is 0. The summed E-state index contributed by atoms with van der Waals surface area (Å²) in [5, 5.41) is 34.9. The van der Waals surface area contributed by atoms with Gasteiger partial charge < -0.3 is 109 Å². The SMILES string of the molecule is CC[C@H](C)[C@H](NC(=O)[C@H](CCCCN)NC(=O)[C@H](CCCCN)NC(=O)[C@H](C)NC(=O)[C@@H](NC(=O)[C@H](CCCCN)NC(=O)[C@H](CC(C)C)NC(=O)[C@H](CC(C)C)NC(=O)[C@H](C)NC(=O)[C@H](CCCCN)NC(=O)[C@H](CC(C)C)NC(=O)[C@H](CC(N)=O)NC(=O)[C@@H](N)CC(C)C)C(C)C)C(=O)N[C@@H](CC(C)C)C(N)=O. The van der Waals surface area contributed by atoms with Gasteiger partial charge in [-0.2, -0.15) is 0 Å². The van der Waals surface area contributed by atoms with E-state index in [9.17, 15) is 71.9 Å². The highest BCUT2D eigenvalue weighted by atomic mass is 16.2. The number of nitrogens with two attached hydrogens (primary N) is 7. The summed E-state index contributed by atoms with van der Waals surface area (Å²) in [5.74, 6) is -13.3. The van der Waals surface area contributed by atoms with Crippen LogP contribution in [0.25, 0.3) is 0 Å². The number of carbonyl (C=O) groups is 15. The molecule has 0 aliphatic rings. The molecule has 0 aromatic heterocycles. The number of hydrogen-bond donors (Lipinski definition) is 20. The Hall–Kier alpha value is -8.15. The lowest BCUT2D eigenvalue weighted by atomic mass is 9.96. The van der Waals surface area contributed by atoms with Crippen molar-refractivity contribution in [2.45, 2.75) is 317 Å². The topological polar surface area (TPSA) is 595 Å². The first kappa shape index (κ1) is 102. The van der Waals surface area contributed by atoms with Crippen LogP contribution < -0.4 is 109 Å². The molecule has 0 aromatic rings. The Morgan fingerprint density at radius 3 is 0.845 bits per heavy atom. The molecule has 632 valence electrons. The van der Waals surface area contributed by atoms with Gasteiger partial charge in [0.25, 0.3) is 0 Å². The lowest BCUT2D eigenvalue weighted by molar-refractivity contribution is -0.137. The molecule has 0 bridgehead atoms. The maximum absolute atomic E-state index is 14.6. The van der Waals surface area contributed by atoms with Crippen LogP contribution in [0.15, 0.2) is 0 Å². The van der Waals surface area contributed by atoms with Crippen LogP contribution in [-0.4, -0.2) is 199 Å². The summed E-state index contributed by atoms with van der Waals surface area (Å²) in [5.41, 5.74) is 40.4. The van der Waals surface area contributed by atoms with Gasteiger partial charge in [-0.25, -0.2) is 0 Å². The van der Waals surface area contributed by atoms with Crippen LogP contribution in [0, 0.1) is 41.4 Å². The normalized spacial score (nSPS) is 15.6. The van der Waals surface area contributed by atoms with Gasteiger partial charge in [-0.3, -0.25) is 71.9 Å². The van der Waals surface area contributed by atoms with Gasteiger partial charge in [0.05, 0.1) is 12.5 Å². The summed E-state index contributed by atoms with van der Waals surface area (Å²) in [4.78, 5) is 208. The molecular weight excluding hydrogens is 1420 g/mol. The predicted molar refractivity (Wildman–Crippen MR) is 421 cm³/mol. The van der Waals surface area contributed by atoms with E-state index >= 15 is 0 Å². The highest BCUT2D eigenvalue weighted by Crippen LogP contribution is 2.17. The highest BCUT2D eigenvalue weighted by Gasteiger charge is 2.39. The smallest absolute Gasteiger partial charge is 0.243 e. The second kappa shape index (κ2) is 54.5. The molecule has 0 saturated carbocycles. The largest absolute Gasteiger partial charge is 0.370 e. The van der Waals surface area contributed by atoms with Crippen molar-refractivity contribution in [1.29, 1.82) is 0 Å². The van der Waals surface area contributed by atoms with Crippen LogP contribution in [-0.2, 0) is 71.9 Å². The van der Waals surface area contributed by atoms with Crippen molar-refractivity contribution >= 4 is 88.6 Å². The third-order valence-corrected chi connectivity index (χ3v) is 18.4. The molecule has 0 aliphatic heterocycles. The maximum Gasteiger partial charge on any atom is 0.243 e. The Morgan fingerprint density at radius 1 is 0.273 bits per heavy atom. The number of unbranched alkanes of at least 4 members (excludes halogenated alkanes) is 4. The van der Waals surface area contributed by atoms with Crippen molar-refractivity contribution < 1.29 is 71.9 Å². The molecule has 0 aliphatic carbocycles. The maximum atomic E-state index is 14.6. The van der Waals surface area contributed by atoms with Crippen LogP contribution >= 0.6 is 0 Å². The van der Waals surface area contributed by atoms with Crippen molar-refractivity contribution in [2.24, 2.45) is 81.6 Å². The molecule has 0 spiro atoms. The minimum atomic E-state index is -1.49. The van der Waals surface area contributed by atoms with Gasteiger partial charge in [-0.05, 0) is 191 Å². The third kappa shape index (κ3) is 41.2. The summed E-state index contributed by atoms with van der Waals surface area (Å²) >= 11 is 0. The van der Waals surface area contributed by atoms with E-state index in [0.717, 1.165) is 0 Å². The molecule has 15 amide bonds. The van der Waals surface area contributed by atoms with Gasteiger partial charge in [0.15, 0.2) is 0 Å². The first-order valence-electron chi connectivity index (χ1n) is 39.6. The fraction of sp³-hybridized carbons (Fsp3) is 0.800. The second-order valence-corrected chi connectivity index (χ2v) is 31.6. The van der Waals surface area contributed by atoms with Gasteiger partial charge in [0, 0.05) is 0 Å². The molecule has 0 rings (SSSR count). The van der Waals surface area contributed by atoms with Crippen molar-refractivity contribution in [2.75, 3.05) is 26.2 Å². The average Bonchev–Trinajstić information content (AvgIpc) is 0.858. The van der Waals surface area contributed by atoms with Crippen molar-refractivity contribution in [3.8, 4) is 0 Å². The van der Waals surface area contributed by atoms with Crippen molar-refractivity contribution in [3.63, 3.8) is 0 Å². The van der Waals surface area contributed by atoms with E-state index in [0.29, 0.717) is 57.8 Å². The molecular formula is C75H142N20O15. The van der Waals surface area contributed by atoms with E-state index in [1.54, 1.807) is 62.3 Å². The van der Waals surface area contributed by atoms with Crippen LogP contribution in [0.4, 0.5) is 0 Å². The molecule has 35 nitrogen and oxygen atoms in total. The summed E-state index contributed by atoms with van der Waals surface area (Å²) < 4.78 is 0. The van der Waals surface area contributed by atoms with E-state index in [-0.39, 0.29) is 114 Å². The Bertz CT molecular complexity index is 2920. The lowest BCUT2D eigenvalue weighted by Crippen LogP contribution is -2.61. The monoisotopic (exact) mass is 1560 g/mol. The van der Waals surface area contributed by atoms with Crippen LogP contribution in [0.3, 0.4) is 0 Å². The molecule has 0 aromatic carbocycles. The van der Waals surface area contributed by atoms with E-state index in [4.69, 9.17) is 40.1 Å². The zero-order valence-corrected chi connectivity index (χ0v) is 68.6. The van der Waals surface area contributed by atoms with Crippen LogP contribution in [0.5, 0.6) is 0 Å². The molecule has 0 radical (unpaired) electrons. The van der Waals surface area contributed by atoms with Crippen LogP contribution in [0.2, 0.25) is 0 Å². The predicted octanol–water partition coefficient (Wildman–Crippen LogP) is -1.53. The molecule has 0 unspecified atom stereocenters. The number of amides is 15. The van der Waals surface area contributed by atoms with E-state index < -0.39 is 191 Å². The fourth-order valence-electron chi connectivity index (χ4n) is 11.9. The Labute approximate surface area is 652 Å². The average molecular weight is 1560 g/mol. The molecule has 0 heterocycles. The van der Waals surface area contributed by atoms with Gasteiger partial charge >= 0.3 is 0 Å². The van der Waals surface area contributed by atoms with E-state index in [1.165, 1.54) is 13.8 Å². The minimum absolute atomic E-state index is 0.00264.